The number of carbonyl (C=O) groups is 1. The molecule has 0 aromatic carbocycles. The van der Waals surface area contributed by atoms with Crippen LogP contribution >= 0.6 is 0 Å². The van der Waals surface area contributed by atoms with E-state index in [1.807, 2.05) is 37.6 Å². The summed E-state index contributed by atoms with van der Waals surface area (Å²) in [7, 11) is 1.85. The number of nitrogens with zero attached hydrogens (tertiary/aromatic N) is 2. The van der Waals surface area contributed by atoms with Gasteiger partial charge in [0.1, 0.15) is 5.76 Å². The van der Waals surface area contributed by atoms with Crippen molar-refractivity contribution < 1.29 is 22.7 Å². The van der Waals surface area contributed by atoms with Crippen LogP contribution in [-0.2, 0) is 9.53 Å². The Morgan fingerprint density at radius 3 is 2.42 bits per heavy atom. The molecule has 0 spiro atoms. The van der Waals surface area contributed by atoms with Gasteiger partial charge in [-0.05, 0) is 51.8 Å². The van der Waals surface area contributed by atoms with E-state index >= 15 is 0 Å². The van der Waals surface area contributed by atoms with Crippen molar-refractivity contribution in [2.75, 3.05) is 0 Å². The summed E-state index contributed by atoms with van der Waals surface area (Å²) in [6.45, 7) is 9.29. The normalized spacial score (nSPS) is 20.2. The Labute approximate surface area is 138 Å². The minimum absolute atomic E-state index is 0.0454. The van der Waals surface area contributed by atoms with Crippen molar-refractivity contribution in [3.63, 3.8) is 0 Å². The third kappa shape index (κ3) is 2.27. The number of alkyl halides is 3. The minimum atomic E-state index is -5.01. The van der Waals surface area contributed by atoms with Crippen molar-refractivity contribution in [3.05, 3.63) is 40.0 Å². The number of allylic oxidation sites excluding steroid dienone is 2. The molecule has 1 radical (unpaired) electrons. The van der Waals surface area contributed by atoms with Crippen LogP contribution in [0, 0.1) is 13.8 Å². The standard InChI is InChI=1S/C16H17BF3N2O2/c1-7-6-8(2)21-12(7)9(3)13-10(4)14(11(5)22(13)17-21)24-15(23)16(18,19)20/h6,11H,1-5H3. The molecule has 127 valence electrons. The van der Waals surface area contributed by atoms with E-state index in [1.54, 1.807) is 13.8 Å². The Bertz CT molecular complexity index is 805. The van der Waals surface area contributed by atoms with E-state index in [-0.39, 0.29) is 5.76 Å². The molecule has 24 heavy (non-hydrogen) atoms. The number of ether oxygens (including phenoxy) is 1. The van der Waals surface area contributed by atoms with Gasteiger partial charge in [-0.1, -0.05) is 0 Å². The van der Waals surface area contributed by atoms with Gasteiger partial charge in [0.25, 0.3) is 0 Å². The molecule has 1 aromatic rings. The number of hydrogen-bond acceptors (Lipinski definition) is 3. The average Bonchev–Trinajstić information content (AvgIpc) is 2.88. The first-order valence-electron chi connectivity index (χ1n) is 7.57. The first-order valence-corrected chi connectivity index (χ1v) is 7.57. The van der Waals surface area contributed by atoms with Crippen LogP contribution in [-0.4, -0.2) is 35.0 Å². The highest BCUT2D eigenvalue weighted by molar-refractivity contribution is 6.34. The summed E-state index contributed by atoms with van der Waals surface area (Å²) in [4.78, 5) is 13.1. The van der Waals surface area contributed by atoms with Gasteiger partial charge in [-0.15, -0.1) is 0 Å². The third-order valence-electron chi connectivity index (χ3n) is 4.58. The predicted molar refractivity (Wildman–Crippen MR) is 83.8 cm³/mol. The lowest BCUT2D eigenvalue weighted by molar-refractivity contribution is -0.195. The molecule has 4 nitrogen and oxygen atoms in total. The Kier molecular flexibility index (Phi) is 3.62. The van der Waals surface area contributed by atoms with E-state index in [1.165, 1.54) is 0 Å². The summed E-state index contributed by atoms with van der Waals surface area (Å²) >= 11 is 0. The number of carbonyl (C=O) groups excluding carboxylic acids is 1. The SMILES string of the molecule is CC1=C(OC(=O)C(F)(F)F)C(C)N2[B]n3c(C)cc(C)c3C(C)=C12. The predicted octanol–water partition coefficient (Wildman–Crippen LogP) is 3.32. The maximum Gasteiger partial charge on any atom is 0.491 e. The van der Waals surface area contributed by atoms with E-state index < -0.39 is 18.2 Å². The number of esters is 1. The first-order chi connectivity index (χ1) is 11.0. The van der Waals surface area contributed by atoms with E-state index in [0.29, 0.717) is 5.57 Å². The average molecular weight is 337 g/mol. The van der Waals surface area contributed by atoms with Gasteiger partial charge in [-0.3, -0.25) is 0 Å². The zero-order valence-electron chi connectivity index (χ0n) is 14.1. The van der Waals surface area contributed by atoms with Crippen LogP contribution in [0.4, 0.5) is 13.2 Å². The van der Waals surface area contributed by atoms with Crippen LogP contribution in [0.2, 0.25) is 0 Å². The number of aryl methyl sites for hydroxylation is 2. The summed E-state index contributed by atoms with van der Waals surface area (Å²) in [5.41, 5.74) is 5.44. The van der Waals surface area contributed by atoms with E-state index in [2.05, 4.69) is 10.8 Å². The minimum Gasteiger partial charge on any atom is -0.422 e. The van der Waals surface area contributed by atoms with Gasteiger partial charge < -0.3 is 14.0 Å². The molecule has 1 unspecified atom stereocenters. The van der Waals surface area contributed by atoms with Gasteiger partial charge in [0.15, 0.2) is 0 Å². The summed E-state index contributed by atoms with van der Waals surface area (Å²) in [6, 6.07) is 1.57. The van der Waals surface area contributed by atoms with Gasteiger partial charge in [-0.2, -0.15) is 13.2 Å². The second-order valence-electron chi connectivity index (χ2n) is 6.24. The Morgan fingerprint density at radius 1 is 1.21 bits per heavy atom. The Balaban J connectivity index is 2.07. The van der Waals surface area contributed by atoms with Crippen LogP contribution < -0.4 is 0 Å². The molecule has 8 heteroatoms. The molecule has 1 aromatic heterocycles. The molecule has 1 atom stereocenters. The van der Waals surface area contributed by atoms with Gasteiger partial charge in [-0.25, -0.2) is 4.79 Å². The number of aromatic nitrogens is 1. The molecule has 0 aliphatic carbocycles. The van der Waals surface area contributed by atoms with Crippen molar-refractivity contribution in [1.82, 2.24) is 9.29 Å². The highest BCUT2D eigenvalue weighted by Crippen LogP contribution is 2.42. The molecule has 0 bridgehead atoms. The molecule has 3 rings (SSSR count). The van der Waals surface area contributed by atoms with Crippen LogP contribution in [0.5, 0.6) is 0 Å². The van der Waals surface area contributed by atoms with Gasteiger partial charge >= 0.3 is 19.7 Å². The molecule has 2 aliphatic rings. The van der Waals surface area contributed by atoms with E-state index in [0.717, 1.165) is 28.2 Å². The zero-order valence-corrected chi connectivity index (χ0v) is 14.1. The smallest absolute Gasteiger partial charge is 0.422 e. The van der Waals surface area contributed by atoms with Crippen LogP contribution in [0.1, 0.15) is 37.7 Å². The van der Waals surface area contributed by atoms with Crippen molar-refractivity contribution in [2.45, 2.75) is 46.8 Å². The topological polar surface area (TPSA) is 34.5 Å². The highest BCUT2D eigenvalue weighted by Gasteiger charge is 2.45. The monoisotopic (exact) mass is 337 g/mol. The molecule has 0 saturated carbocycles. The van der Waals surface area contributed by atoms with Gasteiger partial charge in [0.05, 0.1) is 6.04 Å². The Hall–Kier alpha value is -2.12. The maximum absolute atomic E-state index is 12.5. The number of rotatable bonds is 1. The quantitative estimate of drug-likeness (QED) is 0.582. The lowest BCUT2D eigenvalue weighted by Crippen LogP contribution is -2.41. The molecular formula is C16H17BF3N2O2. The number of hydrogen-bond donors (Lipinski definition) is 0. The van der Waals surface area contributed by atoms with Crippen molar-refractivity contribution in [3.8, 4) is 0 Å². The number of fused-ring (bicyclic) bond motifs is 2. The molecule has 0 N–H and O–H groups in total. The first kappa shape index (κ1) is 16.7. The van der Waals surface area contributed by atoms with Gasteiger partial charge in [0, 0.05) is 22.7 Å². The fraction of sp³-hybridized carbons (Fsp3) is 0.438. The lowest BCUT2D eigenvalue weighted by Gasteiger charge is -2.33. The van der Waals surface area contributed by atoms with Crippen LogP contribution in [0.25, 0.3) is 5.57 Å². The van der Waals surface area contributed by atoms with E-state index in [4.69, 9.17) is 0 Å². The molecule has 2 aliphatic heterocycles. The second-order valence-corrected chi connectivity index (χ2v) is 6.24. The summed E-state index contributed by atoms with van der Waals surface area (Å²) in [6.07, 6.45) is -5.01. The fourth-order valence-electron chi connectivity index (χ4n) is 3.58. The van der Waals surface area contributed by atoms with Crippen molar-refractivity contribution in [1.29, 1.82) is 0 Å². The van der Waals surface area contributed by atoms with Gasteiger partial charge in [0.2, 0.25) is 0 Å². The van der Waals surface area contributed by atoms with Crippen molar-refractivity contribution in [2.24, 2.45) is 0 Å². The summed E-state index contributed by atoms with van der Waals surface area (Å²) in [5.74, 6) is -2.14. The van der Waals surface area contributed by atoms with E-state index in [9.17, 15) is 18.0 Å². The molecular weight excluding hydrogens is 320 g/mol. The zero-order chi connectivity index (χ0) is 18.0. The lowest BCUT2D eigenvalue weighted by atomic mass is 9.93. The third-order valence-corrected chi connectivity index (χ3v) is 4.58. The molecule has 0 amide bonds. The highest BCUT2D eigenvalue weighted by atomic mass is 19.4. The molecule has 3 heterocycles. The Morgan fingerprint density at radius 2 is 1.83 bits per heavy atom. The maximum atomic E-state index is 12.5. The number of halogens is 3. The second kappa shape index (κ2) is 5.19. The molecule has 0 saturated heterocycles. The van der Waals surface area contributed by atoms with Crippen LogP contribution in [0.3, 0.4) is 0 Å². The largest absolute Gasteiger partial charge is 0.491 e. The van der Waals surface area contributed by atoms with Crippen LogP contribution in [0.15, 0.2) is 23.1 Å². The van der Waals surface area contributed by atoms with Crippen molar-refractivity contribution >= 4 is 19.1 Å². The summed E-state index contributed by atoms with van der Waals surface area (Å²) in [5, 5.41) is 0. The molecule has 0 fully saturated rings. The summed E-state index contributed by atoms with van der Waals surface area (Å²) < 4.78 is 44.3. The fourth-order valence-corrected chi connectivity index (χ4v) is 3.58.